The summed E-state index contributed by atoms with van der Waals surface area (Å²) in [5, 5.41) is 1.71. The first-order chi connectivity index (χ1) is 15.5. The summed E-state index contributed by atoms with van der Waals surface area (Å²) in [5.74, 6) is 8.23. The summed E-state index contributed by atoms with van der Waals surface area (Å²) in [7, 11) is 0. The van der Waals surface area contributed by atoms with Crippen LogP contribution in [0.25, 0.3) is 11.3 Å². The molecule has 1 aliphatic heterocycles. The summed E-state index contributed by atoms with van der Waals surface area (Å²) in [6.07, 6.45) is 0. The van der Waals surface area contributed by atoms with Crippen molar-refractivity contribution in [3.8, 4) is 11.3 Å². The van der Waals surface area contributed by atoms with E-state index in [-0.39, 0.29) is 5.82 Å². The van der Waals surface area contributed by atoms with Crippen molar-refractivity contribution in [3.63, 3.8) is 0 Å². The van der Waals surface area contributed by atoms with E-state index in [0.717, 1.165) is 74.4 Å². The average Bonchev–Trinajstić information content (AvgIpc) is 3.19. The molecule has 0 spiro atoms. The molecule has 2 aromatic carbocycles. The Hall–Kier alpha value is -2.74. The number of likely N-dealkylation sites (N-methyl/N-ethyl adjacent to an activating group) is 1. The highest BCUT2D eigenvalue weighted by Crippen LogP contribution is 2.35. The first-order valence-electron chi connectivity index (χ1n) is 11.4. The molecule has 0 radical (unpaired) electrons. The lowest BCUT2D eigenvalue weighted by Gasteiger charge is -2.31. The third-order valence-electron chi connectivity index (χ3n) is 6.31. The van der Waals surface area contributed by atoms with Gasteiger partial charge in [0.15, 0.2) is 5.82 Å². The van der Waals surface area contributed by atoms with Crippen LogP contribution in [0.15, 0.2) is 48.5 Å². The lowest BCUT2D eigenvalue weighted by molar-refractivity contribution is 0.180. The van der Waals surface area contributed by atoms with E-state index in [9.17, 15) is 4.39 Å². The van der Waals surface area contributed by atoms with Crippen LogP contribution in [0.4, 0.5) is 15.9 Å². The van der Waals surface area contributed by atoms with E-state index in [1.165, 1.54) is 17.7 Å². The van der Waals surface area contributed by atoms with E-state index in [4.69, 9.17) is 10.8 Å². The molecule has 4 rings (SSSR count). The van der Waals surface area contributed by atoms with Gasteiger partial charge in [-0.15, -0.1) is 0 Å². The largest absolute Gasteiger partial charge is 0.311 e. The summed E-state index contributed by atoms with van der Waals surface area (Å²) >= 11 is 0. The maximum absolute atomic E-state index is 13.6. The maximum atomic E-state index is 13.6. The van der Waals surface area contributed by atoms with E-state index >= 15 is 0 Å². The highest BCUT2D eigenvalue weighted by molar-refractivity contribution is 5.77. The van der Waals surface area contributed by atoms with E-state index in [1.54, 1.807) is 17.1 Å². The van der Waals surface area contributed by atoms with Gasteiger partial charge in [0.25, 0.3) is 0 Å². The monoisotopic (exact) mass is 436 g/mol. The molecule has 0 amide bonds. The van der Waals surface area contributed by atoms with Crippen LogP contribution in [0, 0.1) is 12.7 Å². The summed E-state index contributed by atoms with van der Waals surface area (Å²) in [6, 6.07) is 14.6. The number of nitrogens with two attached hydrogens (primary N) is 1. The minimum atomic E-state index is -0.259. The zero-order valence-corrected chi connectivity index (χ0v) is 19.3. The molecule has 3 aromatic rings. The number of rotatable bonds is 8. The summed E-state index contributed by atoms with van der Waals surface area (Å²) in [5.41, 5.74) is 3.72. The Morgan fingerprint density at radius 1 is 1.00 bits per heavy atom. The van der Waals surface area contributed by atoms with Gasteiger partial charge in [-0.2, -0.15) is 0 Å². The van der Waals surface area contributed by atoms with Gasteiger partial charge in [0, 0.05) is 31.7 Å². The molecular formula is C25H33FN6. The van der Waals surface area contributed by atoms with Gasteiger partial charge in [-0.1, -0.05) is 31.5 Å². The minimum Gasteiger partial charge on any atom is -0.311 e. The Kier molecular flexibility index (Phi) is 6.89. The Labute approximate surface area is 190 Å². The Balaban J connectivity index is 1.67. The van der Waals surface area contributed by atoms with Gasteiger partial charge in [0.1, 0.15) is 17.3 Å². The smallest absolute Gasteiger partial charge is 0.156 e. The van der Waals surface area contributed by atoms with E-state index < -0.39 is 0 Å². The van der Waals surface area contributed by atoms with Crippen molar-refractivity contribution in [1.82, 2.24) is 19.4 Å². The number of aryl methyl sites for hydroxylation is 1. The topological polar surface area (TPSA) is 53.6 Å². The number of benzene rings is 2. The molecular weight excluding hydrogens is 403 g/mol. The number of halogens is 1. The van der Waals surface area contributed by atoms with Crippen LogP contribution in [-0.4, -0.2) is 52.1 Å². The van der Waals surface area contributed by atoms with Gasteiger partial charge >= 0.3 is 0 Å². The molecule has 32 heavy (non-hydrogen) atoms. The van der Waals surface area contributed by atoms with Crippen LogP contribution in [0.1, 0.15) is 25.2 Å². The van der Waals surface area contributed by atoms with Crippen molar-refractivity contribution in [3.05, 3.63) is 65.7 Å². The number of hydrogen-bond acceptors (Lipinski definition) is 5. The predicted molar refractivity (Wildman–Crippen MR) is 128 cm³/mol. The lowest BCUT2D eigenvalue weighted by atomic mass is 10.1. The SMILES string of the molecule is CCN(CC)CCN1CCn2c(nc(-c3ccc(F)cc3)c2N(N)c2ccc(C)cc2)C1. The van der Waals surface area contributed by atoms with Crippen LogP contribution in [-0.2, 0) is 13.1 Å². The first kappa shape index (κ1) is 22.5. The second-order valence-corrected chi connectivity index (χ2v) is 8.37. The molecule has 2 heterocycles. The molecule has 0 aliphatic carbocycles. The van der Waals surface area contributed by atoms with Crippen molar-refractivity contribution >= 4 is 11.5 Å². The van der Waals surface area contributed by atoms with Crippen molar-refractivity contribution in [1.29, 1.82) is 0 Å². The van der Waals surface area contributed by atoms with Crippen LogP contribution in [0.5, 0.6) is 0 Å². The summed E-state index contributed by atoms with van der Waals surface area (Å²) < 4.78 is 15.8. The van der Waals surface area contributed by atoms with Crippen LogP contribution >= 0.6 is 0 Å². The number of hydrazine groups is 1. The fraction of sp³-hybridized carbons (Fsp3) is 0.400. The zero-order valence-electron chi connectivity index (χ0n) is 19.3. The standard InChI is InChI=1S/C25H33FN6/c1-4-29(5-2)14-15-30-16-17-31-23(18-30)28-24(20-8-10-21(26)11-9-20)25(31)32(27)22-12-6-19(3)7-13-22/h6-13H,4-5,14-18,27H2,1-3H3. The van der Waals surface area contributed by atoms with Crippen LogP contribution in [0.3, 0.4) is 0 Å². The van der Waals surface area contributed by atoms with E-state index in [0.29, 0.717) is 0 Å². The Bertz CT molecular complexity index is 1020. The number of imidazole rings is 1. The minimum absolute atomic E-state index is 0.259. The quantitative estimate of drug-likeness (QED) is 0.424. The molecule has 6 nitrogen and oxygen atoms in total. The third-order valence-corrected chi connectivity index (χ3v) is 6.31. The van der Waals surface area contributed by atoms with Gasteiger partial charge in [0.05, 0.1) is 12.2 Å². The molecule has 0 saturated heterocycles. The molecule has 7 heteroatoms. The van der Waals surface area contributed by atoms with Crippen molar-refractivity contribution in [2.24, 2.45) is 5.84 Å². The van der Waals surface area contributed by atoms with Gasteiger partial charge < -0.3 is 9.47 Å². The van der Waals surface area contributed by atoms with Gasteiger partial charge in [-0.05, 0) is 56.4 Å². The third kappa shape index (κ3) is 4.70. The number of fused-ring (bicyclic) bond motifs is 1. The maximum Gasteiger partial charge on any atom is 0.156 e. The molecule has 0 fully saturated rings. The first-order valence-corrected chi connectivity index (χ1v) is 11.4. The van der Waals surface area contributed by atoms with Crippen LogP contribution < -0.4 is 10.9 Å². The molecule has 2 N–H and O–H groups in total. The summed E-state index contributed by atoms with van der Waals surface area (Å²) in [6.45, 7) is 13.2. The van der Waals surface area contributed by atoms with Gasteiger partial charge in [0.2, 0.25) is 0 Å². The molecule has 0 unspecified atom stereocenters. The number of aromatic nitrogens is 2. The predicted octanol–water partition coefficient (Wildman–Crippen LogP) is 4.17. The zero-order chi connectivity index (χ0) is 22.7. The van der Waals surface area contributed by atoms with Crippen molar-refractivity contribution in [2.45, 2.75) is 33.9 Å². The molecule has 1 aliphatic rings. The van der Waals surface area contributed by atoms with Gasteiger partial charge in [-0.3, -0.25) is 9.91 Å². The molecule has 0 saturated carbocycles. The van der Waals surface area contributed by atoms with Crippen LogP contribution in [0.2, 0.25) is 0 Å². The Morgan fingerprint density at radius 2 is 1.69 bits per heavy atom. The number of hydrogen-bond donors (Lipinski definition) is 1. The average molecular weight is 437 g/mol. The second kappa shape index (κ2) is 9.81. The Morgan fingerprint density at radius 3 is 2.34 bits per heavy atom. The molecule has 0 bridgehead atoms. The fourth-order valence-electron chi connectivity index (χ4n) is 4.25. The van der Waals surface area contributed by atoms with Crippen molar-refractivity contribution < 1.29 is 4.39 Å². The van der Waals surface area contributed by atoms with Gasteiger partial charge in [-0.25, -0.2) is 15.2 Å². The lowest BCUT2D eigenvalue weighted by Crippen LogP contribution is -2.40. The normalized spacial score (nSPS) is 14.1. The number of anilines is 2. The second-order valence-electron chi connectivity index (χ2n) is 8.37. The van der Waals surface area contributed by atoms with Crippen molar-refractivity contribution in [2.75, 3.05) is 37.7 Å². The summed E-state index contributed by atoms with van der Waals surface area (Å²) in [4.78, 5) is 9.89. The highest BCUT2D eigenvalue weighted by Gasteiger charge is 2.27. The highest BCUT2D eigenvalue weighted by atomic mass is 19.1. The number of nitrogens with zero attached hydrogens (tertiary/aromatic N) is 5. The molecule has 0 atom stereocenters. The fourth-order valence-corrected chi connectivity index (χ4v) is 4.25. The molecule has 1 aromatic heterocycles. The van der Waals surface area contributed by atoms with E-state index in [2.05, 4.69) is 47.3 Å². The van der Waals surface area contributed by atoms with E-state index in [1.807, 2.05) is 12.1 Å². The molecule has 170 valence electrons.